The van der Waals surface area contributed by atoms with Gasteiger partial charge in [-0.1, -0.05) is 24.3 Å². The Morgan fingerprint density at radius 3 is 1.83 bits per heavy atom. The maximum atomic E-state index is 12.7. The Kier molecular flexibility index (Phi) is 3.91. The SMILES string of the molecule is O=c1c2ccccc2n(CCCCn2cccc2)c2ccccc12. The van der Waals surface area contributed by atoms with E-state index in [0.717, 1.165) is 47.7 Å². The maximum absolute atomic E-state index is 12.7. The number of pyridine rings is 1. The van der Waals surface area contributed by atoms with Gasteiger partial charge in [-0.2, -0.15) is 0 Å². The number of fused-ring (bicyclic) bond motifs is 2. The standard InChI is InChI=1S/C21H20N2O/c24-21-17-9-1-3-11-19(17)23(20-12-4-2-10-18(20)21)16-8-7-15-22-13-5-6-14-22/h1-6,9-14H,7-8,15-16H2. The Morgan fingerprint density at radius 1 is 0.667 bits per heavy atom. The number of hydrogen-bond donors (Lipinski definition) is 0. The van der Waals surface area contributed by atoms with E-state index in [2.05, 4.69) is 45.8 Å². The fourth-order valence-corrected chi connectivity index (χ4v) is 3.40. The lowest BCUT2D eigenvalue weighted by atomic mass is 10.1. The lowest BCUT2D eigenvalue weighted by molar-refractivity contribution is 0.567. The number of unbranched alkanes of at least 4 members (excludes halogenated alkanes) is 1. The van der Waals surface area contributed by atoms with Crippen LogP contribution in [-0.2, 0) is 13.1 Å². The van der Waals surface area contributed by atoms with Crippen molar-refractivity contribution in [2.45, 2.75) is 25.9 Å². The zero-order valence-electron chi connectivity index (χ0n) is 13.6. The number of rotatable bonds is 5. The molecule has 2 aromatic carbocycles. The van der Waals surface area contributed by atoms with Gasteiger partial charge in [0.25, 0.3) is 0 Å². The van der Waals surface area contributed by atoms with E-state index >= 15 is 0 Å². The highest BCUT2D eigenvalue weighted by Gasteiger charge is 2.09. The summed E-state index contributed by atoms with van der Waals surface area (Å²) in [6.07, 6.45) is 6.40. The van der Waals surface area contributed by atoms with Crippen LogP contribution in [0.2, 0.25) is 0 Å². The molecule has 3 nitrogen and oxygen atoms in total. The van der Waals surface area contributed by atoms with Crippen molar-refractivity contribution in [3.8, 4) is 0 Å². The number of nitrogens with zero attached hydrogens (tertiary/aromatic N) is 2. The molecule has 0 N–H and O–H groups in total. The number of aryl methyl sites for hydroxylation is 2. The van der Waals surface area contributed by atoms with Crippen LogP contribution < -0.4 is 5.43 Å². The van der Waals surface area contributed by atoms with Crippen LogP contribution in [-0.4, -0.2) is 9.13 Å². The molecule has 0 bridgehead atoms. The van der Waals surface area contributed by atoms with Gasteiger partial charge < -0.3 is 9.13 Å². The first kappa shape index (κ1) is 14.8. The van der Waals surface area contributed by atoms with Crippen LogP contribution in [0.25, 0.3) is 21.8 Å². The summed E-state index contributed by atoms with van der Waals surface area (Å²) in [6.45, 7) is 1.95. The molecule has 24 heavy (non-hydrogen) atoms. The van der Waals surface area contributed by atoms with Gasteiger partial charge in [-0.25, -0.2) is 0 Å². The molecule has 0 aliphatic heterocycles. The van der Waals surface area contributed by atoms with Gasteiger partial charge in [0, 0.05) is 36.3 Å². The molecule has 0 aliphatic carbocycles. The van der Waals surface area contributed by atoms with Crippen molar-refractivity contribution >= 4 is 21.8 Å². The van der Waals surface area contributed by atoms with E-state index in [9.17, 15) is 4.79 Å². The molecule has 0 spiro atoms. The molecular weight excluding hydrogens is 296 g/mol. The van der Waals surface area contributed by atoms with E-state index in [1.807, 2.05) is 36.4 Å². The normalized spacial score (nSPS) is 11.3. The van der Waals surface area contributed by atoms with Crippen LogP contribution in [0.5, 0.6) is 0 Å². The summed E-state index contributed by atoms with van der Waals surface area (Å²) in [7, 11) is 0. The van der Waals surface area contributed by atoms with Crippen molar-refractivity contribution in [1.29, 1.82) is 0 Å². The predicted molar refractivity (Wildman–Crippen MR) is 99.4 cm³/mol. The van der Waals surface area contributed by atoms with Crippen LogP contribution in [0.15, 0.2) is 77.9 Å². The number of benzene rings is 2. The van der Waals surface area contributed by atoms with Crippen molar-refractivity contribution in [3.63, 3.8) is 0 Å². The Labute approximate surface area is 140 Å². The van der Waals surface area contributed by atoms with Gasteiger partial charge in [-0.3, -0.25) is 4.79 Å². The Bertz CT molecular complexity index is 969. The lowest BCUT2D eigenvalue weighted by Crippen LogP contribution is -2.12. The minimum Gasteiger partial charge on any atom is -0.354 e. The van der Waals surface area contributed by atoms with Crippen molar-refractivity contribution in [2.24, 2.45) is 0 Å². The van der Waals surface area contributed by atoms with E-state index in [4.69, 9.17) is 0 Å². The topological polar surface area (TPSA) is 26.9 Å². The molecular formula is C21H20N2O. The highest BCUT2D eigenvalue weighted by molar-refractivity contribution is 5.93. The molecule has 0 radical (unpaired) electrons. The number of aromatic nitrogens is 2. The molecule has 2 aromatic heterocycles. The summed E-state index contributed by atoms with van der Waals surface area (Å²) in [4.78, 5) is 12.7. The molecule has 0 unspecified atom stereocenters. The van der Waals surface area contributed by atoms with Gasteiger partial charge in [0.15, 0.2) is 5.43 Å². The molecule has 4 aromatic rings. The fraction of sp³-hybridized carbons (Fsp3) is 0.190. The number of hydrogen-bond acceptors (Lipinski definition) is 1. The van der Waals surface area contributed by atoms with Crippen molar-refractivity contribution in [1.82, 2.24) is 9.13 Å². The van der Waals surface area contributed by atoms with Crippen LogP contribution in [0, 0.1) is 0 Å². The van der Waals surface area contributed by atoms with E-state index < -0.39 is 0 Å². The molecule has 0 saturated heterocycles. The number of para-hydroxylation sites is 2. The first-order valence-electron chi connectivity index (χ1n) is 8.45. The van der Waals surface area contributed by atoms with E-state index in [0.29, 0.717) is 0 Å². The molecule has 2 heterocycles. The highest BCUT2D eigenvalue weighted by atomic mass is 16.1. The van der Waals surface area contributed by atoms with Crippen molar-refractivity contribution in [3.05, 3.63) is 83.3 Å². The van der Waals surface area contributed by atoms with Gasteiger partial charge in [0.2, 0.25) is 0 Å². The molecule has 3 heteroatoms. The fourth-order valence-electron chi connectivity index (χ4n) is 3.40. The highest BCUT2D eigenvalue weighted by Crippen LogP contribution is 2.19. The summed E-state index contributed by atoms with van der Waals surface area (Å²) < 4.78 is 4.50. The zero-order chi connectivity index (χ0) is 16.4. The predicted octanol–water partition coefficient (Wildman–Crippen LogP) is 4.44. The first-order chi connectivity index (χ1) is 11.8. The second kappa shape index (κ2) is 6.36. The van der Waals surface area contributed by atoms with E-state index in [1.54, 1.807) is 0 Å². The maximum Gasteiger partial charge on any atom is 0.197 e. The van der Waals surface area contributed by atoms with Crippen molar-refractivity contribution in [2.75, 3.05) is 0 Å². The molecule has 0 fully saturated rings. The Hall–Kier alpha value is -2.81. The van der Waals surface area contributed by atoms with Gasteiger partial charge in [-0.15, -0.1) is 0 Å². The monoisotopic (exact) mass is 316 g/mol. The molecule has 0 saturated carbocycles. The molecule has 0 amide bonds. The second-order valence-electron chi connectivity index (χ2n) is 6.14. The molecule has 4 rings (SSSR count). The smallest absolute Gasteiger partial charge is 0.197 e. The average Bonchev–Trinajstić information content (AvgIpc) is 3.14. The van der Waals surface area contributed by atoms with Crippen LogP contribution >= 0.6 is 0 Å². The third-order valence-corrected chi connectivity index (χ3v) is 4.59. The molecule has 0 atom stereocenters. The van der Waals surface area contributed by atoms with Crippen LogP contribution in [0.4, 0.5) is 0 Å². The summed E-state index contributed by atoms with van der Waals surface area (Å²) >= 11 is 0. The van der Waals surface area contributed by atoms with Gasteiger partial charge in [0.1, 0.15) is 0 Å². The largest absolute Gasteiger partial charge is 0.354 e. The minimum atomic E-state index is 0.129. The van der Waals surface area contributed by atoms with Gasteiger partial charge in [-0.05, 0) is 49.2 Å². The third-order valence-electron chi connectivity index (χ3n) is 4.59. The van der Waals surface area contributed by atoms with Gasteiger partial charge in [0.05, 0.1) is 11.0 Å². The summed E-state index contributed by atoms with van der Waals surface area (Å²) in [6, 6.07) is 20.0. The summed E-state index contributed by atoms with van der Waals surface area (Å²) in [5.41, 5.74) is 2.19. The Balaban J connectivity index is 1.69. The van der Waals surface area contributed by atoms with Gasteiger partial charge >= 0.3 is 0 Å². The zero-order valence-corrected chi connectivity index (χ0v) is 13.6. The first-order valence-corrected chi connectivity index (χ1v) is 8.45. The van der Waals surface area contributed by atoms with Crippen LogP contribution in [0.1, 0.15) is 12.8 Å². The molecule has 0 aliphatic rings. The summed E-state index contributed by atoms with van der Waals surface area (Å²) in [5.74, 6) is 0. The van der Waals surface area contributed by atoms with Crippen LogP contribution in [0.3, 0.4) is 0 Å². The summed E-state index contributed by atoms with van der Waals surface area (Å²) in [5, 5.41) is 1.61. The lowest BCUT2D eigenvalue weighted by Gasteiger charge is -2.15. The minimum absolute atomic E-state index is 0.129. The van der Waals surface area contributed by atoms with E-state index in [1.165, 1.54) is 0 Å². The second-order valence-corrected chi connectivity index (χ2v) is 6.14. The average molecular weight is 316 g/mol. The van der Waals surface area contributed by atoms with E-state index in [-0.39, 0.29) is 5.43 Å². The Morgan fingerprint density at radius 2 is 1.21 bits per heavy atom. The quantitative estimate of drug-likeness (QED) is 0.395. The third kappa shape index (κ3) is 2.62. The van der Waals surface area contributed by atoms with Crippen molar-refractivity contribution < 1.29 is 0 Å². The molecule has 120 valence electrons.